The Hall–Kier alpha value is -2.22. The molecule has 0 aromatic carbocycles. The standard InChI is InChI=1S/C10H11N3O4S/c1-3-5-11(6-4-2)10-8(12(14)15)7-9(18-10)13(16)17/h3-4,7H,1-2,5-6H2. The van der Waals surface area contributed by atoms with Crippen LogP contribution in [0.2, 0.25) is 0 Å². The van der Waals surface area contributed by atoms with Crippen LogP contribution in [0.3, 0.4) is 0 Å². The van der Waals surface area contributed by atoms with Crippen LogP contribution in [0, 0.1) is 20.2 Å². The van der Waals surface area contributed by atoms with E-state index in [1.807, 2.05) is 0 Å². The number of anilines is 1. The van der Waals surface area contributed by atoms with E-state index in [4.69, 9.17) is 0 Å². The van der Waals surface area contributed by atoms with E-state index in [1.54, 1.807) is 17.1 Å². The molecular weight excluding hydrogens is 258 g/mol. The van der Waals surface area contributed by atoms with Crippen LogP contribution in [0.4, 0.5) is 15.7 Å². The van der Waals surface area contributed by atoms with Crippen molar-refractivity contribution in [2.75, 3.05) is 18.0 Å². The van der Waals surface area contributed by atoms with Crippen molar-refractivity contribution < 1.29 is 9.85 Å². The minimum atomic E-state index is -0.638. The van der Waals surface area contributed by atoms with Gasteiger partial charge in [-0.3, -0.25) is 20.2 Å². The van der Waals surface area contributed by atoms with Crippen molar-refractivity contribution in [3.05, 3.63) is 51.6 Å². The summed E-state index contributed by atoms with van der Waals surface area (Å²) in [4.78, 5) is 21.9. The summed E-state index contributed by atoms with van der Waals surface area (Å²) in [6, 6.07) is 0.971. The lowest BCUT2D eigenvalue weighted by Gasteiger charge is -2.18. The van der Waals surface area contributed by atoms with E-state index in [0.29, 0.717) is 13.1 Å². The molecule has 0 saturated heterocycles. The van der Waals surface area contributed by atoms with Gasteiger partial charge in [-0.15, -0.1) is 13.2 Å². The maximum Gasteiger partial charge on any atom is 0.333 e. The lowest BCUT2D eigenvalue weighted by molar-refractivity contribution is -0.389. The molecule has 1 aromatic heterocycles. The lowest BCUT2D eigenvalue weighted by atomic mass is 10.4. The number of hydrogen-bond donors (Lipinski definition) is 0. The molecule has 0 spiro atoms. The molecule has 1 heterocycles. The molecule has 7 nitrogen and oxygen atoms in total. The van der Waals surface area contributed by atoms with Gasteiger partial charge in [0.1, 0.15) is 6.07 Å². The zero-order valence-electron chi connectivity index (χ0n) is 9.44. The van der Waals surface area contributed by atoms with Gasteiger partial charge < -0.3 is 4.90 Å². The zero-order valence-corrected chi connectivity index (χ0v) is 10.3. The molecule has 0 radical (unpaired) electrons. The fourth-order valence-corrected chi connectivity index (χ4v) is 2.32. The minimum absolute atomic E-state index is 0.242. The van der Waals surface area contributed by atoms with Crippen LogP contribution in [0.5, 0.6) is 0 Å². The Kier molecular flexibility index (Phi) is 4.55. The monoisotopic (exact) mass is 269 g/mol. The second-order valence-corrected chi connectivity index (χ2v) is 4.28. The molecule has 0 N–H and O–H groups in total. The van der Waals surface area contributed by atoms with E-state index in [2.05, 4.69) is 13.2 Å². The number of nitrogens with zero attached hydrogens (tertiary/aromatic N) is 3. The van der Waals surface area contributed by atoms with Crippen LogP contribution in [0.15, 0.2) is 31.4 Å². The lowest BCUT2D eigenvalue weighted by Crippen LogP contribution is -2.22. The quantitative estimate of drug-likeness (QED) is 0.431. The van der Waals surface area contributed by atoms with E-state index in [-0.39, 0.29) is 15.7 Å². The zero-order chi connectivity index (χ0) is 13.7. The van der Waals surface area contributed by atoms with Gasteiger partial charge in [0.15, 0.2) is 5.00 Å². The summed E-state index contributed by atoms with van der Waals surface area (Å²) in [7, 11) is 0. The van der Waals surface area contributed by atoms with Crippen molar-refractivity contribution in [3.63, 3.8) is 0 Å². The molecular formula is C10H11N3O4S. The van der Waals surface area contributed by atoms with Crippen LogP contribution >= 0.6 is 11.3 Å². The predicted molar refractivity (Wildman–Crippen MR) is 70.2 cm³/mol. The Balaban J connectivity index is 3.25. The SMILES string of the molecule is C=CCN(CC=C)c1sc([N+](=O)[O-])cc1[N+](=O)[O-]. The molecule has 0 aliphatic carbocycles. The predicted octanol–water partition coefficient (Wildman–Crippen LogP) is 2.74. The largest absolute Gasteiger partial charge is 0.350 e. The first-order valence-electron chi connectivity index (χ1n) is 4.90. The number of nitro groups is 2. The summed E-state index contributed by atoms with van der Waals surface area (Å²) in [5.41, 5.74) is -0.268. The number of rotatable bonds is 7. The Morgan fingerprint density at radius 2 is 1.78 bits per heavy atom. The Morgan fingerprint density at radius 3 is 2.17 bits per heavy atom. The molecule has 1 aromatic rings. The van der Waals surface area contributed by atoms with Crippen molar-refractivity contribution in [1.29, 1.82) is 0 Å². The van der Waals surface area contributed by atoms with E-state index in [0.717, 1.165) is 17.4 Å². The van der Waals surface area contributed by atoms with Crippen molar-refractivity contribution >= 4 is 27.0 Å². The van der Waals surface area contributed by atoms with Gasteiger partial charge in [0.25, 0.3) is 0 Å². The third-order valence-electron chi connectivity index (χ3n) is 2.04. The Morgan fingerprint density at radius 1 is 1.22 bits per heavy atom. The summed E-state index contributed by atoms with van der Waals surface area (Å²) in [6.45, 7) is 7.80. The second kappa shape index (κ2) is 5.92. The highest BCUT2D eigenvalue weighted by atomic mass is 32.1. The molecule has 0 aliphatic rings. The third kappa shape index (κ3) is 2.92. The normalized spacial score (nSPS) is 9.78. The fourth-order valence-electron chi connectivity index (χ4n) is 1.36. The van der Waals surface area contributed by atoms with Crippen LogP contribution in [0.25, 0.3) is 0 Å². The maximum absolute atomic E-state index is 10.9. The van der Waals surface area contributed by atoms with Gasteiger partial charge in [0.2, 0.25) is 0 Å². The van der Waals surface area contributed by atoms with Gasteiger partial charge in [-0.25, -0.2) is 0 Å². The molecule has 0 bridgehead atoms. The first kappa shape index (κ1) is 13.8. The molecule has 0 saturated carbocycles. The minimum Gasteiger partial charge on any atom is -0.350 e. The molecule has 18 heavy (non-hydrogen) atoms. The summed E-state index contributed by atoms with van der Waals surface area (Å²) in [5.74, 6) is 0. The third-order valence-corrected chi connectivity index (χ3v) is 3.18. The maximum atomic E-state index is 10.9. The molecule has 8 heteroatoms. The van der Waals surface area contributed by atoms with Crippen LogP contribution in [0.1, 0.15) is 0 Å². The Bertz CT molecular complexity index is 487. The molecule has 0 aliphatic heterocycles. The summed E-state index contributed by atoms with van der Waals surface area (Å²) in [6.07, 6.45) is 3.14. The van der Waals surface area contributed by atoms with Crippen molar-refractivity contribution in [2.45, 2.75) is 0 Å². The summed E-state index contributed by atoms with van der Waals surface area (Å²) >= 11 is 0.774. The van der Waals surface area contributed by atoms with Crippen LogP contribution < -0.4 is 4.90 Å². The highest BCUT2D eigenvalue weighted by Crippen LogP contribution is 2.41. The van der Waals surface area contributed by atoms with E-state index >= 15 is 0 Å². The van der Waals surface area contributed by atoms with Gasteiger partial charge in [0, 0.05) is 13.1 Å². The molecule has 0 atom stereocenters. The molecule has 1 rings (SSSR count). The van der Waals surface area contributed by atoms with Gasteiger partial charge in [-0.2, -0.15) is 0 Å². The first-order chi connectivity index (χ1) is 8.51. The van der Waals surface area contributed by atoms with E-state index in [1.165, 1.54) is 0 Å². The van der Waals surface area contributed by atoms with Crippen LogP contribution in [-0.2, 0) is 0 Å². The summed E-state index contributed by atoms with van der Waals surface area (Å²) < 4.78 is 0. The number of thiophene rings is 1. The smallest absolute Gasteiger partial charge is 0.333 e. The number of hydrogen-bond acceptors (Lipinski definition) is 6. The van der Waals surface area contributed by atoms with Crippen molar-refractivity contribution in [1.82, 2.24) is 0 Å². The van der Waals surface area contributed by atoms with Crippen LogP contribution in [-0.4, -0.2) is 22.9 Å². The second-order valence-electron chi connectivity index (χ2n) is 3.27. The molecule has 96 valence electrons. The highest BCUT2D eigenvalue weighted by Gasteiger charge is 2.27. The Labute approximate surface area is 107 Å². The first-order valence-corrected chi connectivity index (χ1v) is 5.72. The van der Waals surface area contributed by atoms with E-state index in [9.17, 15) is 20.2 Å². The van der Waals surface area contributed by atoms with E-state index < -0.39 is 9.85 Å². The van der Waals surface area contributed by atoms with Gasteiger partial charge >= 0.3 is 10.7 Å². The molecule has 0 unspecified atom stereocenters. The topological polar surface area (TPSA) is 89.5 Å². The average Bonchev–Trinajstić information content (AvgIpc) is 2.73. The fraction of sp³-hybridized carbons (Fsp3) is 0.200. The molecule has 0 amide bonds. The highest BCUT2D eigenvalue weighted by molar-refractivity contribution is 7.19. The summed E-state index contributed by atoms with van der Waals surface area (Å²) in [5, 5.41) is 21.5. The molecule has 0 fully saturated rings. The van der Waals surface area contributed by atoms with Crippen molar-refractivity contribution in [2.24, 2.45) is 0 Å². The van der Waals surface area contributed by atoms with Crippen molar-refractivity contribution in [3.8, 4) is 0 Å². The van der Waals surface area contributed by atoms with Gasteiger partial charge in [-0.1, -0.05) is 12.2 Å². The van der Waals surface area contributed by atoms with Gasteiger partial charge in [-0.05, 0) is 11.3 Å². The van der Waals surface area contributed by atoms with Gasteiger partial charge in [0.05, 0.1) is 9.85 Å². The average molecular weight is 269 g/mol.